The number of hydrogen-bond donors (Lipinski definition) is 4. The fraction of sp³-hybridized carbons (Fsp3) is 0.200. The second-order valence-corrected chi connectivity index (χ2v) is 7.96. The summed E-state index contributed by atoms with van der Waals surface area (Å²) in [4.78, 5) is 24.9. The van der Waals surface area contributed by atoms with E-state index in [0.717, 1.165) is 48.1 Å². The van der Waals surface area contributed by atoms with Crippen molar-refractivity contribution in [1.29, 1.82) is 0 Å². The summed E-state index contributed by atoms with van der Waals surface area (Å²) in [5.41, 5.74) is 11.7. The lowest BCUT2D eigenvalue weighted by Crippen LogP contribution is -2.38. The van der Waals surface area contributed by atoms with Gasteiger partial charge in [-0.2, -0.15) is 0 Å². The number of nitrogen functional groups attached to an aromatic ring is 1. The number of nitrogens with two attached hydrogens (primary N) is 1. The average Bonchev–Trinajstić information content (AvgIpc) is 3.30. The number of hydroxylamine groups is 1. The molecule has 6 heteroatoms. The Labute approximate surface area is 181 Å². The van der Waals surface area contributed by atoms with Gasteiger partial charge < -0.3 is 11.1 Å². The van der Waals surface area contributed by atoms with Gasteiger partial charge in [0.05, 0.1) is 5.41 Å². The van der Waals surface area contributed by atoms with E-state index in [1.165, 1.54) is 0 Å². The second-order valence-electron chi connectivity index (χ2n) is 7.96. The van der Waals surface area contributed by atoms with Gasteiger partial charge in [0.1, 0.15) is 0 Å². The number of carbonyl (C=O) groups excluding carboxylic acids is 2. The van der Waals surface area contributed by atoms with Crippen molar-refractivity contribution < 1.29 is 14.8 Å². The van der Waals surface area contributed by atoms with Crippen LogP contribution in [-0.4, -0.2) is 17.0 Å². The number of amides is 2. The van der Waals surface area contributed by atoms with Gasteiger partial charge in [0, 0.05) is 16.9 Å². The first kappa shape index (κ1) is 20.6. The van der Waals surface area contributed by atoms with Crippen LogP contribution in [0.4, 0.5) is 11.4 Å². The van der Waals surface area contributed by atoms with E-state index < -0.39 is 11.3 Å². The highest BCUT2D eigenvalue weighted by atomic mass is 16.5. The van der Waals surface area contributed by atoms with Crippen LogP contribution in [0.2, 0.25) is 0 Å². The summed E-state index contributed by atoms with van der Waals surface area (Å²) in [6.07, 6.45) is 3.59. The van der Waals surface area contributed by atoms with Crippen LogP contribution in [-0.2, 0) is 10.2 Å². The summed E-state index contributed by atoms with van der Waals surface area (Å²) in [5, 5.41) is 11.7. The molecule has 1 saturated carbocycles. The normalized spacial score (nSPS) is 14.7. The van der Waals surface area contributed by atoms with Gasteiger partial charge in [-0.3, -0.25) is 14.8 Å². The highest BCUT2D eigenvalue weighted by molar-refractivity contribution is 6.00. The minimum absolute atomic E-state index is 0.0407. The van der Waals surface area contributed by atoms with E-state index >= 15 is 0 Å². The van der Waals surface area contributed by atoms with Crippen LogP contribution in [0.1, 0.15) is 41.6 Å². The highest BCUT2D eigenvalue weighted by Gasteiger charge is 2.42. The van der Waals surface area contributed by atoms with E-state index in [2.05, 4.69) is 5.32 Å². The molecule has 158 valence electrons. The smallest absolute Gasteiger partial charge is 0.274 e. The summed E-state index contributed by atoms with van der Waals surface area (Å²) in [7, 11) is 0. The molecule has 0 atom stereocenters. The molecule has 0 aromatic heterocycles. The maximum absolute atomic E-state index is 13.4. The molecule has 4 rings (SSSR count). The molecule has 31 heavy (non-hydrogen) atoms. The van der Waals surface area contributed by atoms with E-state index in [1.807, 2.05) is 48.5 Å². The first-order chi connectivity index (χ1) is 15.0. The van der Waals surface area contributed by atoms with Crippen molar-refractivity contribution in [2.24, 2.45) is 0 Å². The first-order valence-corrected chi connectivity index (χ1v) is 10.3. The summed E-state index contributed by atoms with van der Waals surface area (Å²) in [6, 6.07) is 22.3. The topological polar surface area (TPSA) is 104 Å². The lowest BCUT2D eigenvalue weighted by molar-refractivity contribution is -0.121. The quantitative estimate of drug-likeness (QED) is 0.280. The molecular formula is C25H25N3O3. The largest absolute Gasteiger partial charge is 0.399 e. The molecule has 5 N–H and O–H groups in total. The number of anilines is 2. The molecule has 6 nitrogen and oxygen atoms in total. The molecule has 0 heterocycles. The Kier molecular flexibility index (Phi) is 5.73. The molecule has 2 amide bonds. The van der Waals surface area contributed by atoms with Crippen molar-refractivity contribution in [3.63, 3.8) is 0 Å². The lowest BCUT2D eigenvalue weighted by Gasteiger charge is -2.28. The Morgan fingerprint density at radius 3 is 2.16 bits per heavy atom. The molecular weight excluding hydrogens is 390 g/mol. The van der Waals surface area contributed by atoms with Crippen LogP contribution in [0.15, 0.2) is 72.8 Å². The molecule has 0 aliphatic heterocycles. The minimum Gasteiger partial charge on any atom is -0.399 e. The fourth-order valence-corrected chi connectivity index (χ4v) is 4.35. The van der Waals surface area contributed by atoms with Crippen LogP contribution in [0, 0.1) is 0 Å². The van der Waals surface area contributed by atoms with Gasteiger partial charge in [0.15, 0.2) is 0 Å². The monoisotopic (exact) mass is 415 g/mol. The van der Waals surface area contributed by atoms with Crippen LogP contribution in [0.3, 0.4) is 0 Å². The predicted octanol–water partition coefficient (Wildman–Crippen LogP) is 4.51. The maximum Gasteiger partial charge on any atom is 0.274 e. The summed E-state index contributed by atoms with van der Waals surface area (Å²) in [5.74, 6) is -0.633. The SMILES string of the molecule is Nc1cccc(-c2ccc(C3(C(=O)Nc4ccc(C(=O)NO)cc4)CCCC3)cc2)c1. The van der Waals surface area contributed by atoms with E-state index in [4.69, 9.17) is 10.9 Å². The minimum atomic E-state index is -0.592. The van der Waals surface area contributed by atoms with Crippen LogP contribution < -0.4 is 16.5 Å². The molecule has 0 unspecified atom stereocenters. The summed E-state index contributed by atoms with van der Waals surface area (Å²) >= 11 is 0. The van der Waals surface area contributed by atoms with Gasteiger partial charge in [0.25, 0.3) is 5.91 Å². The Hall–Kier alpha value is -3.64. The third kappa shape index (κ3) is 4.15. The van der Waals surface area contributed by atoms with E-state index in [0.29, 0.717) is 11.3 Å². The fourth-order valence-electron chi connectivity index (χ4n) is 4.35. The number of hydrogen-bond acceptors (Lipinski definition) is 4. The van der Waals surface area contributed by atoms with Crippen molar-refractivity contribution >= 4 is 23.2 Å². The van der Waals surface area contributed by atoms with Gasteiger partial charge in [-0.1, -0.05) is 49.2 Å². The molecule has 3 aromatic rings. The molecule has 0 spiro atoms. The van der Waals surface area contributed by atoms with Crippen molar-refractivity contribution in [3.05, 3.63) is 83.9 Å². The zero-order chi connectivity index (χ0) is 21.8. The molecule has 0 bridgehead atoms. The number of nitrogens with one attached hydrogen (secondary N) is 2. The molecule has 0 radical (unpaired) electrons. The third-order valence-electron chi connectivity index (χ3n) is 6.06. The van der Waals surface area contributed by atoms with Crippen molar-refractivity contribution in [2.75, 3.05) is 11.1 Å². The maximum atomic E-state index is 13.4. The highest BCUT2D eigenvalue weighted by Crippen LogP contribution is 2.42. The zero-order valence-corrected chi connectivity index (χ0v) is 17.1. The first-order valence-electron chi connectivity index (χ1n) is 10.3. The number of carbonyl (C=O) groups is 2. The molecule has 1 aliphatic rings. The van der Waals surface area contributed by atoms with Gasteiger partial charge >= 0.3 is 0 Å². The van der Waals surface area contributed by atoms with Crippen molar-refractivity contribution in [2.45, 2.75) is 31.1 Å². The van der Waals surface area contributed by atoms with Gasteiger partial charge in [-0.05, 0) is 65.9 Å². The van der Waals surface area contributed by atoms with Gasteiger partial charge in [0.2, 0.25) is 5.91 Å². The van der Waals surface area contributed by atoms with Gasteiger partial charge in [-0.25, -0.2) is 5.48 Å². The van der Waals surface area contributed by atoms with Crippen molar-refractivity contribution in [1.82, 2.24) is 5.48 Å². The lowest BCUT2D eigenvalue weighted by atomic mass is 9.77. The molecule has 0 saturated heterocycles. The average molecular weight is 415 g/mol. The van der Waals surface area contributed by atoms with E-state index in [1.54, 1.807) is 29.7 Å². The van der Waals surface area contributed by atoms with E-state index in [-0.39, 0.29) is 5.91 Å². The van der Waals surface area contributed by atoms with Gasteiger partial charge in [-0.15, -0.1) is 0 Å². The van der Waals surface area contributed by atoms with Crippen LogP contribution >= 0.6 is 0 Å². The number of rotatable bonds is 5. The van der Waals surface area contributed by atoms with Crippen molar-refractivity contribution in [3.8, 4) is 11.1 Å². The second kappa shape index (κ2) is 8.62. The molecule has 1 aliphatic carbocycles. The summed E-state index contributed by atoms with van der Waals surface area (Å²) in [6.45, 7) is 0. The Bertz CT molecular complexity index is 1090. The summed E-state index contributed by atoms with van der Waals surface area (Å²) < 4.78 is 0. The molecule has 3 aromatic carbocycles. The predicted molar refractivity (Wildman–Crippen MR) is 121 cm³/mol. The Morgan fingerprint density at radius 1 is 0.871 bits per heavy atom. The van der Waals surface area contributed by atoms with Crippen LogP contribution in [0.25, 0.3) is 11.1 Å². The third-order valence-corrected chi connectivity index (χ3v) is 6.06. The van der Waals surface area contributed by atoms with E-state index in [9.17, 15) is 9.59 Å². The zero-order valence-electron chi connectivity index (χ0n) is 17.1. The van der Waals surface area contributed by atoms with Crippen LogP contribution in [0.5, 0.6) is 0 Å². The Morgan fingerprint density at radius 2 is 1.55 bits per heavy atom. The molecule has 1 fully saturated rings. The number of benzene rings is 3. The Balaban J connectivity index is 1.57. The standard InChI is InChI=1S/C25H25N3O3/c26-21-5-3-4-19(16-21)17-6-10-20(11-7-17)25(14-1-2-15-25)24(30)27-22-12-8-18(9-13-22)23(29)28-31/h3-13,16,31H,1-2,14-15,26H2,(H,27,30)(H,28,29).